The Labute approximate surface area is 218 Å². The lowest BCUT2D eigenvalue weighted by atomic mass is 9.81. The van der Waals surface area contributed by atoms with Gasteiger partial charge in [-0.15, -0.1) is 0 Å². The Balaban J connectivity index is 1.83. The van der Waals surface area contributed by atoms with Crippen molar-refractivity contribution in [3.8, 4) is 22.6 Å². The summed E-state index contributed by atoms with van der Waals surface area (Å²) in [5.41, 5.74) is 3.91. The fourth-order valence-electron chi connectivity index (χ4n) is 4.17. The quantitative estimate of drug-likeness (QED) is 0.280. The fourth-order valence-corrected chi connectivity index (χ4v) is 4.17. The molecule has 0 aromatic heterocycles. The predicted octanol–water partition coefficient (Wildman–Crippen LogP) is 7.14. The smallest absolute Gasteiger partial charge is 0.304 e. The Bertz CT molecular complexity index is 1230. The van der Waals surface area contributed by atoms with Gasteiger partial charge in [-0.1, -0.05) is 57.2 Å². The maximum Gasteiger partial charge on any atom is 0.304 e. The monoisotopic (exact) mass is 506 g/mol. The molecule has 3 aromatic carbocycles. The Kier molecular flexibility index (Phi) is 9.48. The summed E-state index contributed by atoms with van der Waals surface area (Å²) in [7, 11) is 3.16. The first-order valence-electron chi connectivity index (χ1n) is 12.2. The van der Waals surface area contributed by atoms with Crippen LogP contribution in [-0.4, -0.2) is 31.9 Å². The molecule has 0 radical (unpaired) electrons. The number of ether oxygens (including phenoxy) is 3. The zero-order chi connectivity index (χ0) is 27.0. The molecule has 0 saturated carbocycles. The molecule has 0 aliphatic carbocycles. The highest BCUT2D eigenvalue weighted by atomic mass is 19.1. The van der Waals surface area contributed by atoms with Crippen molar-refractivity contribution in [3.63, 3.8) is 0 Å². The largest absolute Gasteiger partial charge is 0.497 e. The first kappa shape index (κ1) is 27.9. The van der Waals surface area contributed by atoms with Crippen LogP contribution in [0.1, 0.15) is 49.8 Å². The van der Waals surface area contributed by atoms with E-state index in [9.17, 15) is 14.3 Å². The number of carboxylic acids is 1. The van der Waals surface area contributed by atoms with Crippen molar-refractivity contribution < 1.29 is 28.5 Å². The molecule has 0 saturated heterocycles. The second-order valence-corrected chi connectivity index (χ2v) is 9.92. The van der Waals surface area contributed by atoms with Gasteiger partial charge in [0.2, 0.25) is 0 Å². The number of allylic oxidation sites excluding steroid dienone is 1. The van der Waals surface area contributed by atoms with Gasteiger partial charge in [-0.2, -0.15) is 0 Å². The van der Waals surface area contributed by atoms with E-state index in [2.05, 4.69) is 20.8 Å². The standard InChI is InChI=1S/C31H35FO5/c1-31(2,3)28-14-8-21(17-26(28)27-19-25(36-5)13-15-29(27)32)20-37-24-11-9-22(10-12-24)23(18-30(33)34)7-6-16-35-4/h6-15,17,19,23H,16,18,20H2,1-5H3,(H,33,34)/b7-6+/t23-/m1/s1. The first-order valence-corrected chi connectivity index (χ1v) is 12.2. The molecule has 0 aliphatic rings. The summed E-state index contributed by atoms with van der Waals surface area (Å²) < 4.78 is 31.3. The van der Waals surface area contributed by atoms with Gasteiger partial charge in [0.1, 0.15) is 23.9 Å². The average Bonchev–Trinajstić information content (AvgIpc) is 2.86. The van der Waals surface area contributed by atoms with E-state index in [1.165, 1.54) is 6.07 Å². The highest BCUT2D eigenvalue weighted by molar-refractivity contribution is 5.71. The van der Waals surface area contributed by atoms with Crippen LogP contribution in [0.25, 0.3) is 11.1 Å². The Morgan fingerprint density at radius 3 is 2.30 bits per heavy atom. The minimum atomic E-state index is -0.866. The van der Waals surface area contributed by atoms with Crippen LogP contribution < -0.4 is 9.47 Å². The molecule has 1 atom stereocenters. The third kappa shape index (κ3) is 7.67. The summed E-state index contributed by atoms with van der Waals surface area (Å²) >= 11 is 0. The number of carboxylic acid groups (broad SMARTS) is 1. The zero-order valence-electron chi connectivity index (χ0n) is 22.1. The van der Waals surface area contributed by atoms with E-state index >= 15 is 0 Å². The third-order valence-corrected chi connectivity index (χ3v) is 6.10. The molecule has 6 heteroatoms. The summed E-state index contributed by atoms with van der Waals surface area (Å²) in [4.78, 5) is 11.3. The molecule has 0 bridgehead atoms. The molecule has 3 aromatic rings. The first-order chi connectivity index (χ1) is 17.6. The van der Waals surface area contributed by atoms with Crippen LogP contribution >= 0.6 is 0 Å². The second kappa shape index (κ2) is 12.5. The van der Waals surface area contributed by atoms with Gasteiger partial charge in [-0.25, -0.2) is 4.39 Å². The molecule has 196 valence electrons. The number of rotatable bonds is 11. The van der Waals surface area contributed by atoms with E-state index in [4.69, 9.17) is 14.2 Å². The van der Waals surface area contributed by atoms with Gasteiger partial charge in [-0.05, 0) is 64.1 Å². The summed E-state index contributed by atoms with van der Waals surface area (Å²) in [6, 6.07) is 18.2. The van der Waals surface area contributed by atoms with Gasteiger partial charge >= 0.3 is 5.97 Å². The molecule has 37 heavy (non-hydrogen) atoms. The van der Waals surface area contributed by atoms with Crippen molar-refractivity contribution in [1.29, 1.82) is 0 Å². The number of halogens is 1. The van der Waals surface area contributed by atoms with E-state index in [0.717, 1.165) is 22.3 Å². The number of benzene rings is 3. The minimum absolute atomic E-state index is 0.00977. The molecule has 0 unspecified atom stereocenters. The van der Waals surface area contributed by atoms with Crippen LogP contribution in [0.2, 0.25) is 0 Å². The van der Waals surface area contributed by atoms with Gasteiger partial charge in [0, 0.05) is 18.6 Å². The van der Waals surface area contributed by atoms with Crippen LogP contribution in [0.4, 0.5) is 4.39 Å². The molecule has 0 heterocycles. The Hall–Kier alpha value is -3.64. The number of methoxy groups -OCH3 is 2. The highest BCUT2D eigenvalue weighted by Gasteiger charge is 2.21. The maximum absolute atomic E-state index is 14.9. The zero-order valence-corrected chi connectivity index (χ0v) is 22.1. The molecular formula is C31H35FO5. The number of aliphatic carboxylic acids is 1. The lowest BCUT2D eigenvalue weighted by molar-refractivity contribution is -0.137. The van der Waals surface area contributed by atoms with Crippen LogP contribution in [0.5, 0.6) is 11.5 Å². The lowest BCUT2D eigenvalue weighted by Gasteiger charge is -2.24. The summed E-state index contributed by atoms with van der Waals surface area (Å²) in [6.07, 6.45) is 3.66. The van der Waals surface area contributed by atoms with Gasteiger partial charge in [0.15, 0.2) is 0 Å². The average molecular weight is 507 g/mol. The van der Waals surface area contributed by atoms with E-state index in [0.29, 0.717) is 30.3 Å². The molecule has 0 spiro atoms. The van der Waals surface area contributed by atoms with Crippen LogP contribution in [0.3, 0.4) is 0 Å². The molecule has 5 nitrogen and oxygen atoms in total. The van der Waals surface area contributed by atoms with Gasteiger partial charge < -0.3 is 19.3 Å². The topological polar surface area (TPSA) is 65.0 Å². The minimum Gasteiger partial charge on any atom is -0.497 e. The molecule has 3 rings (SSSR count). The van der Waals surface area contributed by atoms with Crippen molar-refractivity contribution in [2.45, 2.75) is 45.1 Å². The van der Waals surface area contributed by atoms with Crippen LogP contribution in [0, 0.1) is 5.82 Å². The summed E-state index contributed by atoms with van der Waals surface area (Å²) in [5, 5.41) is 9.27. The van der Waals surface area contributed by atoms with Crippen molar-refractivity contribution in [2.24, 2.45) is 0 Å². The van der Waals surface area contributed by atoms with Crippen LogP contribution in [0.15, 0.2) is 72.8 Å². The van der Waals surface area contributed by atoms with Crippen molar-refractivity contribution in [3.05, 3.63) is 95.3 Å². The molecule has 0 fully saturated rings. The number of hydrogen-bond donors (Lipinski definition) is 1. The van der Waals surface area contributed by atoms with Crippen LogP contribution in [-0.2, 0) is 21.6 Å². The molecule has 1 N–H and O–H groups in total. The van der Waals surface area contributed by atoms with E-state index in [1.807, 2.05) is 54.6 Å². The summed E-state index contributed by atoms with van der Waals surface area (Å²) in [6.45, 7) is 7.03. The normalized spacial score (nSPS) is 12.5. The van der Waals surface area contributed by atoms with Gasteiger partial charge in [0.25, 0.3) is 0 Å². The van der Waals surface area contributed by atoms with Gasteiger partial charge in [0.05, 0.1) is 20.1 Å². The lowest BCUT2D eigenvalue weighted by Crippen LogP contribution is -2.13. The number of hydrogen-bond acceptors (Lipinski definition) is 4. The Morgan fingerprint density at radius 2 is 1.68 bits per heavy atom. The van der Waals surface area contributed by atoms with Crippen molar-refractivity contribution in [1.82, 2.24) is 0 Å². The molecule has 0 amide bonds. The van der Waals surface area contributed by atoms with E-state index < -0.39 is 5.97 Å². The Morgan fingerprint density at radius 1 is 0.973 bits per heavy atom. The van der Waals surface area contributed by atoms with E-state index in [1.54, 1.807) is 26.4 Å². The van der Waals surface area contributed by atoms with Crippen molar-refractivity contribution in [2.75, 3.05) is 20.8 Å². The summed E-state index contributed by atoms with van der Waals surface area (Å²) in [5.74, 6) is -0.180. The van der Waals surface area contributed by atoms with Gasteiger partial charge in [-0.3, -0.25) is 4.79 Å². The maximum atomic E-state index is 14.9. The van der Waals surface area contributed by atoms with Crippen molar-refractivity contribution >= 4 is 5.97 Å². The second-order valence-electron chi connectivity index (χ2n) is 9.92. The number of carbonyl (C=O) groups is 1. The van der Waals surface area contributed by atoms with E-state index in [-0.39, 0.29) is 23.6 Å². The molecule has 0 aliphatic heterocycles. The predicted molar refractivity (Wildman–Crippen MR) is 144 cm³/mol. The fraction of sp³-hybridized carbons (Fsp3) is 0.323. The molecular weight excluding hydrogens is 471 g/mol. The SMILES string of the molecule is COC/C=C/[C@H](CC(=O)O)c1ccc(OCc2ccc(C(C)(C)C)c(-c3cc(OC)ccc3F)c2)cc1. The highest BCUT2D eigenvalue weighted by Crippen LogP contribution is 2.37. The third-order valence-electron chi connectivity index (χ3n) is 6.10.